The Balaban J connectivity index is 3.04. The van der Waals surface area contributed by atoms with Crippen LogP contribution in [0.3, 0.4) is 0 Å². The Morgan fingerprint density at radius 1 is 1.33 bits per heavy atom. The van der Waals surface area contributed by atoms with E-state index in [1.54, 1.807) is 25.1 Å². The number of hydrogen-bond donors (Lipinski definition) is 0. The van der Waals surface area contributed by atoms with Gasteiger partial charge in [-0.25, -0.2) is 0 Å². The van der Waals surface area contributed by atoms with Crippen LogP contribution in [0.4, 0.5) is 0 Å². The fourth-order valence-corrected chi connectivity index (χ4v) is 2.05. The van der Waals surface area contributed by atoms with Crippen molar-refractivity contribution in [3.8, 4) is 0 Å². The molecule has 0 bridgehead atoms. The van der Waals surface area contributed by atoms with Crippen LogP contribution in [-0.4, -0.2) is 33.6 Å². The van der Waals surface area contributed by atoms with Crippen molar-refractivity contribution < 1.29 is 19.0 Å². The first-order valence-corrected chi connectivity index (χ1v) is 5.84. The first kappa shape index (κ1) is 15.0. The third-order valence-electron chi connectivity index (χ3n) is 2.70. The number of ether oxygens (including phenoxy) is 3. The largest absolute Gasteiger partial charge is 0.468 e. The lowest BCUT2D eigenvalue weighted by Crippen LogP contribution is -2.39. The Kier molecular flexibility index (Phi) is 5.59. The van der Waals surface area contributed by atoms with E-state index in [2.05, 4.69) is 0 Å². The second-order valence-electron chi connectivity index (χ2n) is 4.06. The molecule has 0 aromatic heterocycles. The van der Waals surface area contributed by atoms with E-state index in [4.69, 9.17) is 25.8 Å². The zero-order valence-electron chi connectivity index (χ0n) is 10.7. The van der Waals surface area contributed by atoms with Gasteiger partial charge in [0.15, 0.2) is 0 Å². The third-order valence-corrected chi connectivity index (χ3v) is 3.03. The van der Waals surface area contributed by atoms with Crippen molar-refractivity contribution in [2.45, 2.75) is 12.3 Å². The number of halogens is 1. The number of carbonyl (C=O) groups is 1. The van der Waals surface area contributed by atoms with Gasteiger partial charge >= 0.3 is 5.97 Å². The summed E-state index contributed by atoms with van der Waals surface area (Å²) in [6.45, 7) is 1.98. The van der Waals surface area contributed by atoms with Crippen LogP contribution in [0.5, 0.6) is 0 Å². The van der Waals surface area contributed by atoms with Crippen LogP contribution >= 0.6 is 11.6 Å². The summed E-state index contributed by atoms with van der Waals surface area (Å²) in [6.07, 6.45) is 0. The Labute approximate surface area is 112 Å². The smallest absolute Gasteiger partial charge is 0.318 e. The summed E-state index contributed by atoms with van der Waals surface area (Å²) >= 11 is 6.13. The van der Waals surface area contributed by atoms with Crippen LogP contribution in [0.1, 0.15) is 12.5 Å². The SMILES string of the molecule is COCOC[C@](C)(C(=O)OC)c1ccccc1Cl. The average molecular weight is 273 g/mol. The van der Waals surface area contributed by atoms with Gasteiger partial charge in [-0.1, -0.05) is 29.8 Å². The number of esters is 1. The summed E-state index contributed by atoms with van der Waals surface area (Å²) < 4.78 is 14.9. The van der Waals surface area contributed by atoms with Crippen LogP contribution in [0.2, 0.25) is 5.02 Å². The molecule has 0 amide bonds. The topological polar surface area (TPSA) is 44.8 Å². The van der Waals surface area contributed by atoms with Gasteiger partial charge in [-0.2, -0.15) is 0 Å². The first-order valence-electron chi connectivity index (χ1n) is 5.46. The molecule has 1 atom stereocenters. The molecular weight excluding hydrogens is 256 g/mol. The molecule has 0 N–H and O–H groups in total. The first-order chi connectivity index (χ1) is 8.56. The van der Waals surface area contributed by atoms with Gasteiger partial charge in [0, 0.05) is 12.1 Å². The van der Waals surface area contributed by atoms with Crippen molar-refractivity contribution in [1.82, 2.24) is 0 Å². The predicted octanol–water partition coefficient (Wildman–Crippen LogP) is 2.39. The molecule has 0 saturated heterocycles. The molecular formula is C13H17ClO4. The Morgan fingerprint density at radius 3 is 2.56 bits per heavy atom. The molecule has 0 aliphatic carbocycles. The summed E-state index contributed by atoms with van der Waals surface area (Å²) in [4.78, 5) is 12.0. The highest BCUT2D eigenvalue weighted by Gasteiger charge is 2.38. The van der Waals surface area contributed by atoms with E-state index in [9.17, 15) is 4.79 Å². The van der Waals surface area contributed by atoms with Crippen molar-refractivity contribution in [2.75, 3.05) is 27.6 Å². The van der Waals surface area contributed by atoms with Gasteiger partial charge in [-0.05, 0) is 18.6 Å². The van der Waals surface area contributed by atoms with E-state index in [1.807, 2.05) is 6.07 Å². The number of rotatable bonds is 6. The molecule has 5 heteroatoms. The van der Waals surface area contributed by atoms with Crippen LogP contribution in [0, 0.1) is 0 Å². The summed E-state index contributed by atoms with van der Waals surface area (Å²) in [6, 6.07) is 7.14. The van der Waals surface area contributed by atoms with Crippen LogP contribution in [-0.2, 0) is 24.4 Å². The van der Waals surface area contributed by atoms with E-state index in [-0.39, 0.29) is 13.4 Å². The molecule has 0 spiro atoms. The molecule has 0 unspecified atom stereocenters. The molecule has 0 radical (unpaired) electrons. The van der Waals surface area contributed by atoms with Crippen molar-refractivity contribution >= 4 is 17.6 Å². The van der Waals surface area contributed by atoms with Gasteiger partial charge in [0.25, 0.3) is 0 Å². The van der Waals surface area contributed by atoms with Crippen molar-refractivity contribution in [2.24, 2.45) is 0 Å². The van der Waals surface area contributed by atoms with E-state index >= 15 is 0 Å². The van der Waals surface area contributed by atoms with Gasteiger partial charge in [0.2, 0.25) is 0 Å². The minimum absolute atomic E-state index is 0.108. The maximum Gasteiger partial charge on any atom is 0.318 e. The lowest BCUT2D eigenvalue weighted by atomic mass is 9.83. The van der Waals surface area contributed by atoms with Gasteiger partial charge < -0.3 is 14.2 Å². The maximum atomic E-state index is 12.0. The van der Waals surface area contributed by atoms with Gasteiger partial charge in [0.1, 0.15) is 12.2 Å². The van der Waals surface area contributed by atoms with Crippen molar-refractivity contribution in [3.05, 3.63) is 34.9 Å². The third kappa shape index (κ3) is 3.22. The molecule has 18 heavy (non-hydrogen) atoms. The van der Waals surface area contributed by atoms with E-state index in [1.165, 1.54) is 14.2 Å². The summed E-state index contributed by atoms with van der Waals surface area (Å²) in [5, 5.41) is 0.506. The molecule has 4 nitrogen and oxygen atoms in total. The zero-order valence-corrected chi connectivity index (χ0v) is 11.5. The number of hydrogen-bond acceptors (Lipinski definition) is 4. The standard InChI is InChI=1S/C13H17ClO4/c1-13(12(15)17-3,8-18-9-16-2)10-6-4-5-7-11(10)14/h4-7H,8-9H2,1-3H3/t13-/m0/s1. The predicted molar refractivity (Wildman–Crippen MR) is 68.6 cm³/mol. The molecule has 1 aromatic rings. The number of methoxy groups -OCH3 is 2. The minimum Gasteiger partial charge on any atom is -0.468 e. The maximum absolute atomic E-state index is 12.0. The average Bonchev–Trinajstić information content (AvgIpc) is 2.38. The Bertz CT molecular complexity index is 408. The molecule has 0 aliphatic heterocycles. The van der Waals surface area contributed by atoms with Crippen molar-refractivity contribution in [3.63, 3.8) is 0 Å². The second-order valence-corrected chi connectivity index (χ2v) is 4.47. The molecule has 0 heterocycles. The van der Waals surface area contributed by atoms with E-state index in [0.717, 1.165) is 0 Å². The highest BCUT2D eigenvalue weighted by atomic mass is 35.5. The number of benzene rings is 1. The molecule has 0 fully saturated rings. The van der Waals surface area contributed by atoms with Gasteiger partial charge in [-0.3, -0.25) is 4.79 Å². The quantitative estimate of drug-likeness (QED) is 0.453. The molecule has 100 valence electrons. The minimum atomic E-state index is -0.953. The molecule has 1 rings (SSSR count). The summed E-state index contributed by atoms with van der Waals surface area (Å²) in [5.74, 6) is -0.397. The Morgan fingerprint density at radius 2 is 2.00 bits per heavy atom. The lowest BCUT2D eigenvalue weighted by molar-refractivity contribution is -0.151. The second kappa shape index (κ2) is 6.73. The molecule has 0 saturated carbocycles. The van der Waals surface area contributed by atoms with Gasteiger partial charge in [-0.15, -0.1) is 0 Å². The molecule has 1 aromatic carbocycles. The monoisotopic (exact) mass is 272 g/mol. The lowest BCUT2D eigenvalue weighted by Gasteiger charge is -2.27. The highest BCUT2D eigenvalue weighted by Crippen LogP contribution is 2.31. The number of carbonyl (C=O) groups excluding carboxylic acids is 1. The van der Waals surface area contributed by atoms with E-state index < -0.39 is 11.4 Å². The van der Waals surface area contributed by atoms with Crippen LogP contribution < -0.4 is 0 Å². The normalized spacial score (nSPS) is 14.0. The summed E-state index contributed by atoms with van der Waals surface area (Å²) in [7, 11) is 2.86. The van der Waals surface area contributed by atoms with Gasteiger partial charge in [0.05, 0.1) is 13.7 Å². The fraction of sp³-hybridized carbons (Fsp3) is 0.462. The van der Waals surface area contributed by atoms with Crippen LogP contribution in [0.15, 0.2) is 24.3 Å². The van der Waals surface area contributed by atoms with Crippen molar-refractivity contribution in [1.29, 1.82) is 0 Å². The fourth-order valence-electron chi connectivity index (χ4n) is 1.71. The summed E-state index contributed by atoms with van der Waals surface area (Å²) in [5.41, 5.74) is -0.277. The molecule has 0 aliphatic rings. The highest BCUT2D eigenvalue weighted by molar-refractivity contribution is 6.31. The van der Waals surface area contributed by atoms with Crippen LogP contribution in [0.25, 0.3) is 0 Å². The zero-order chi connectivity index (χ0) is 13.6. The van der Waals surface area contributed by atoms with E-state index in [0.29, 0.717) is 10.6 Å². The Hall–Kier alpha value is -1.10.